The molecule has 0 aromatic heterocycles. The Hall–Kier alpha value is -5.11. The average Bonchev–Trinajstić information content (AvgIpc) is 3.00. The number of rotatable bonds is 12. The lowest BCUT2D eigenvalue weighted by molar-refractivity contribution is 0.0691. The topological polar surface area (TPSA) is 102 Å². The summed E-state index contributed by atoms with van der Waals surface area (Å²) < 4.78 is 16.8. The molecule has 0 saturated carbocycles. The van der Waals surface area contributed by atoms with E-state index in [0.717, 1.165) is 16.7 Å². The van der Waals surface area contributed by atoms with Gasteiger partial charge in [-0.3, -0.25) is 9.59 Å². The second-order valence-electron chi connectivity index (χ2n) is 9.82. The van der Waals surface area contributed by atoms with Crippen LogP contribution < -0.4 is 14.2 Å². The molecule has 0 spiro atoms. The minimum atomic E-state index is -1.08. The van der Waals surface area contributed by atoms with Gasteiger partial charge in [-0.05, 0) is 61.4 Å². The molecule has 0 aliphatic carbocycles. The Morgan fingerprint density at radius 2 is 1.40 bits per heavy atom. The van der Waals surface area contributed by atoms with Gasteiger partial charge in [0.1, 0.15) is 28.6 Å². The molecular weight excluding hydrogens is 534 g/mol. The molecule has 1 amide bonds. The van der Waals surface area contributed by atoms with Crippen LogP contribution in [0.2, 0.25) is 0 Å². The first-order chi connectivity index (χ1) is 20.2. The fourth-order valence-electron chi connectivity index (χ4n) is 4.55. The third-order valence-electron chi connectivity index (χ3n) is 6.88. The molecule has 42 heavy (non-hydrogen) atoms. The van der Waals surface area contributed by atoms with Crippen molar-refractivity contribution in [3.63, 3.8) is 0 Å². The number of carboxylic acids is 1. The fraction of sp³-hybridized carbons (Fsp3) is 0.206. The first-order valence-corrected chi connectivity index (χ1v) is 13.4. The van der Waals surface area contributed by atoms with Gasteiger partial charge in [0.15, 0.2) is 5.78 Å². The predicted molar refractivity (Wildman–Crippen MR) is 159 cm³/mol. The van der Waals surface area contributed by atoms with Crippen molar-refractivity contribution >= 4 is 17.7 Å². The monoisotopic (exact) mass is 567 g/mol. The summed E-state index contributed by atoms with van der Waals surface area (Å²) in [6, 6.07) is 24.3. The molecule has 0 unspecified atom stereocenters. The van der Waals surface area contributed by atoms with E-state index in [1.807, 2.05) is 19.9 Å². The zero-order chi connectivity index (χ0) is 30.2. The van der Waals surface area contributed by atoms with Crippen molar-refractivity contribution in [2.24, 2.45) is 0 Å². The number of aromatic carboxylic acids is 1. The first-order valence-electron chi connectivity index (χ1n) is 13.4. The number of methoxy groups -OCH3 is 2. The Labute approximate surface area is 245 Å². The van der Waals surface area contributed by atoms with E-state index >= 15 is 0 Å². The van der Waals surface area contributed by atoms with Crippen LogP contribution in [0.15, 0.2) is 84.9 Å². The third-order valence-corrected chi connectivity index (χ3v) is 6.88. The van der Waals surface area contributed by atoms with Crippen molar-refractivity contribution in [1.82, 2.24) is 4.90 Å². The molecule has 8 heteroatoms. The molecule has 8 nitrogen and oxygen atoms in total. The Kier molecular flexibility index (Phi) is 9.60. The number of hydrogen-bond acceptors (Lipinski definition) is 6. The van der Waals surface area contributed by atoms with Crippen LogP contribution in [0, 0.1) is 13.8 Å². The fourth-order valence-corrected chi connectivity index (χ4v) is 4.55. The van der Waals surface area contributed by atoms with Crippen LogP contribution in [0.25, 0.3) is 0 Å². The van der Waals surface area contributed by atoms with E-state index in [2.05, 4.69) is 0 Å². The van der Waals surface area contributed by atoms with Gasteiger partial charge in [-0.15, -0.1) is 0 Å². The summed E-state index contributed by atoms with van der Waals surface area (Å²) in [5, 5.41) is 9.51. The Morgan fingerprint density at radius 3 is 2.00 bits per heavy atom. The number of carbonyl (C=O) groups excluding carboxylic acids is 2. The van der Waals surface area contributed by atoms with Crippen molar-refractivity contribution in [3.8, 4) is 23.0 Å². The van der Waals surface area contributed by atoms with Crippen LogP contribution in [0.3, 0.4) is 0 Å². The lowest BCUT2D eigenvalue weighted by Crippen LogP contribution is -2.32. The second kappa shape index (κ2) is 13.5. The quantitative estimate of drug-likeness (QED) is 0.189. The highest BCUT2D eigenvalue weighted by Gasteiger charge is 2.21. The van der Waals surface area contributed by atoms with Crippen LogP contribution in [0.1, 0.15) is 54.2 Å². The third kappa shape index (κ3) is 7.14. The number of hydrogen-bond donors (Lipinski definition) is 1. The molecule has 0 atom stereocenters. The zero-order valence-electron chi connectivity index (χ0n) is 24.0. The summed E-state index contributed by atoms with van der Waals surface area (Å²) >= 11 is 0. The van der Waals surface area contributed by atoms with Crippen LogP contribution in [-0.4, -0.2) is 48.4 Å². The summed E-state index contributed by atoms with van der Waals surface area (Å²) in [7, 11) is 3.07. The van der Waals surface area contributed by atoms with E-state index in [0.29, 0.717) is 28.4 Å². The molecule has 0 aliphatic rings. The summed E-state index contributed by atoms with van der Waals surface area (Å²) in [6.07, 6.45) is 0.141. The summed E-state index contributed by atoms with van der Waals surface area (Å²) in [6.45, 7) is 4.12. The molecule has 0 bridgehead atoms. The maximum atomic E-state index is 13.8. The van der Waals surface area contributed by atoms with Gasteiger partial charge in [0.25, 0.3) is 5.91 Å². The van der Waals surface area contributed by atoms with Gasteiger partial charge in [0, 0.05) is 36.2 Å². The Morgan fingerprint density at radius 1 is 0.762 bits per heavy atom. The molecule has 0 aliphatic heterocycles. The van der Waals surface area contributed by atoms with Crippen molar-refractivity contribution < 1.29 is 33.7 Å². The number of nitrogens with zero attached hydrogens (tertiary/aromatic N) is 1. The maximum absolute atomic E-state index is 13.8. The smallest absolute Gasteiger partial charge is 0.339 e. The average molecular weight is 568 g/mol. The van der Waals surface area contributed by atoms with Gasteiger partial charge in [-0.1, -0.05) is 48.5 Å². The molecule has 0 fully saturated rings. The molecular formula is C34H33NO7. The largest absolute Gasteiger partial charge is 0.496 e. The standard InChI is InChI=1S/C34H33NO7/c1-22-10-15-28(34(38)39)32(18-22)42-27-13-11-24(12-14-27)21-35(17-16-29(36)25-8-6-5-7-9-25)33(37)26-19-30(40-3)23(2)31(20-26)41-4/h5-15,18-20H,16-17,21H2,1-4H3,(H,38,39). The van der Waals surface area contributed by atoms with Crippen LogP contribution in [0.4, 0.5) is 0 Å². The van der Waals surface area contributed by atoms with Crippen LogP contribution in [-0.2, 0) is 6.54 Å². The lowest BCUT2D eigenvalue weighted by atomic mass is 10.1. The van der Waals surface area contributed by atoms with Gasteiger partial charge in [-0.25, -0.2) is 4.79 Å². The van der Waals surface area contributed by atoms with Gasteiger partial charge >= 0.3 is 5.97 Å². The number of ketones is 1. The van der Waals surface area contributed by atoms with Gasteiger partial charge in [-0.2, -0.15) is 0 Å². The normalized spacial score (nSPS) is 10.6. The molecule has 4 rings (SSSR count). The number of amides is 1. The predicted octanol–water partition coefficient (Wildman–Crippen LogP) is 6.73. The van der Waals surface area contributed by atoms with Crippen molar-refractivity contribution in [2.75, 3.05) is 20.8 Å². The molecule has 216 valence electrons. The summed E-state index contributed by atoms with van der Waals surface area (Å²) in [5.74, 6) is 0.325. The molecule has 0 saturated heterocycles. The van der Waals surface area contributed by atoms with E-state index in [1.165, 1.54) is 20.3 Å². The van der Waals surface area contributed by atoms with E-state index in [4.69, 9.17) is 14.2 Å². The van der Waals surface area contributed by atoms with Crippen LogP contribution >= 0.6 is 0 Å². The van der Waals surface area contributed by atoms with Gasteiger partial charge < -0.3 is 24.2 Å². The summed E-state index contributed by atoms with van der Waals surface area (Å²) in [4.78, 5) is 39.9. The second-order valence-corrected chi connectivity index (χ2v) is 9.82. The highest BCUT2D eigenvalue weighted by molar-refractivity contribution is 5.98. The van der Waals surface area contributed by atoms with Gasteiger partial charge in [0.2, 0.25) is 0 Å². The van der Waals surface area contributed by atoms with E-state index in [1.54, 1.807) is 77.7 Å². The number of carboxylic acid groups (broad SMARTS) is 1. The summed E-state index contributed by atoms with van der Waals surface area (Å²) in [5.41, 5.74) is 3.47. The minimum Gasteiger partial charge on any atom is -0.496 e. The first kappa shape index (κ1) is 29.9. The molecule has 0 radical (unpaired) electrons. The maximum Gasteiger partial charge on any atom is 0.339 e. The molecule has 0 heterocycles. The molecule has 4 aromatic rings. The molecule has 1 N–H and O–H groups in total. The highest BCUT2D eigenvalue weighted by atomic mass is 16.5. The van der Waals surface area contributed by atoms with Crippen LogP contribution in [0.5, 0.6) is 23.0 Å². The van der Waals surface area contributed by atoms with Crippen molar-refractivity contribution in [3.05, 3.63) is 118 Å². The number of carbonyl (C=O) groups is 3. The number of benzene rings is 4. The zero-order valence-corrected chi connectivity index (χ0v) is 24.0. The lowest BCUT2D eigenvalue weighted by Gasteiger charge is -2.24. The van der Waals surface area contributed by atoms with E-state index in [9.17, 15) is 19.5 Å². The highest BCUT2D eigenvalue weighted by Crippen LogP contribution is 2.31. The van der Waals surface area contributed by atoms with Gasteiger partial charge in [0.05, 0.1) is 14.2 Å². The van der Waals surface area contributed by atoms with Crippen molar-refractivity contribution in [1.29, 1.82) is 0 Å². The van der Waals surface area contributed by atoms with E-state index < -0.39 is 5.97 Å². The Balaban J connectivity index is 1.58. The number of Topliss-reactive ketones (excluding diaryl/α,β-unsaturated/α-hetero) is 1. The number of aryl methyl sites for hydroxylation is 1. The SMILES string of the molecule is COc1cc(C(=O)N(CCC(=O)c2ccccc2)Cc2ccc(Oc3cc(C)ccc3C(=O)O)cc2)cc(OC)c1C. The van der Waals surface area contributed by atoms with Crippen molar-refractivity contribution in [2.45, 2.75) is 26.8 Å². The minimum absolute atomic E-state index is 0.0634. The number of ether oxygens (including phenoxy) is 3. The Bertz CT molecular complexity index is 1550. The molecule has 4 aromatic carbocycles. The van der Waals surface area contributed by atoms with E-state index in [-0.39, 0.29) is 42.5 Å².